The van der Waals surface area contributed by atoms with Gasteiger partial charge in [-0.3, -0.25) is 14.9 Å². The van der Waals surface area contributed by atoms with E-state index in [0.717, 1.165) is 16.5 Å². The Balaban J connectivity index is 1.77. The van der Waals surface area contributed by atoms with Crippen molar-refractivity contribution in [1.82, 2.24) is 5.32 Å². The highest BCUT2D eigenvalue weighted by Crippen LogP contribution is 2.33. The molecule has 0 bridgehead atoms. The predicted octanol–water partition coefficient (Wildman–Crippen LogP) is 2.14. The molecule has 1 N–H and O–H groups in total. The van der Waals surface area contributed by atoms with Gasteiger partial charge in [-0.2, -0.15) is 5.26 Å². The number of nitrogens with one attached hydrogen (secondary N) is 1. The van der Waals surface area contributed by atoms with E-state index in [9.17, 15) is 14.9 Å². The van der Waals surface area contributed by atoms with Crippen molar-refractivity contribution >= 4 is 28.3 Å². The number of carbonyl (C=O) groups excluding carboxylic acids is 2. The Morgan fingerprint density at radius 1 is 1.12 bits per heavy atom. The van der Waals surface area contributed by atoms with E-state index in [2.05, 4.69) is 28.4 Å². The predicted molar refractivity (Wildman–Crippen MR) is 90.1 cm³/mol. The van der Waals surface area contributed by atoms with Gasteiger partial charge in [-0.1, -0.05) is 36.4 Å². The van der Waals surface area contributed by atoms with Gasteiger partial charge in [-0.25, -0.2) is 0 Å². The van der Waals surface area contributed by atoms with Crippen molar-refractivity contribution in [2.24, 2.45) is 5.92 Å². The highest BCUT2D eigenvalue weighted by molar-refractivity contribution is 6.10. The average Bonchev–Trinajstić information content (AvgIpc) is 2.61. The lowest BCUT2D eigenvalue weighted by molar-refractivity contribution is -0.130. The molecule has 2 aliphatic heterocycles. The highest BCUT2D eigenvalue weighted by Gasteiger charge is 2.37. The SMILES string of the molecule is N#CC1C(=O)NC(=O)C2=C1CN(c1cccc3ccccc13)CC2. The fourth-order valence-corrected chi connectivity index (χ4v) is 3.56. The van der Waals surface area contributed by atoms with Crippen LogP contribution < -0.4 is 10.2 Å². The summed E-state index contributed by atoms with van der Waals surface area (Å²) < 4.78 is 0. The first-order valence-corrected chi connectivity index (χ1v) is 7.88. The molecule has 2 heterocycles. The summed E-state index contributed by atoms with van der Waals surface area (Å²) in [5.74, 6) is -1.74. The first-order valence-electron chi connectivity index (χ1n) is 7.88. The molecule has 0 saturated heterocycles. The van der Waals surface area contributed by atoms with E-state index in [0.29, 0.717) is 30.7 Å². The van der Waals surface area contributed by atoms with Crippen LogP contribution in [0, 0.1) is 17.2 Å². The number of hydrogen-bond acceptors (Lipinski definition) is 4. The molecule has 1 atom stereocenters. The number of anilines is 1. The molecular weight excluding hydrogens is 302 g/mol. The fourth-order valence-electron chi connectivity index (χ4n) is 3.56. The zero-order chi connectivity index (χ0) is 16.7. The molecule has 5 nitrogen and oxygen atoms in total. The maximum atomic E-state index is 12.0. The van der Waals surface area contributed by atoms with Gasteiger partial charge in [0.2, 0.25) is 5.91 Å². The summed E-state index contributed by atoms with van der Waals surface area (Å²) in [4.78, 5) is 26.1. The minimum Gasteiger partial charge on any atom is -0.367 e. The molecule has 0 fully saturated rings. The van der Waals surface area contributed by atoms with Crippen molar-refractivity contribution < 1.29 is 9.59 Å². The monoisotopic (exact) mass is 317 g/mol. The summed E-state index contributed by atoms with van der Waals surface area (Å²) in [5.41, 5.74) is 2.30. The number of carbonyl (C=O) groups is 2. The molecular formula is C19H15N3O2. The number of hydrogen-bond donors (Lipinski definition) is 1. The quantitative estimate of drug-likeness (QED) is 0.818. The molecule has 2 aliphatic rings. The lowest BCUT2D eigenvalue weighted by Crippen LogP contribution is -2.48. The Hall–Kier alpha value is -3.13. The number of rotatable bonds is 1. The van der Waals surface area contributed by atoms with Gasteiger partial charge >= 0.3 is 0 Å². The maximum absolute atomic E-state index is 12.0. The summed E-state index contributed by atoms with van der Waals surface area (Å²) in [6, 6.07) is 16.3. The molecule has 2 aromatic carbocycles. The van der Waals surface area contributed by atoms with Crippen LogP contribution in [-0.2, 0) is 9.59 Å². The van der Waals surface area contributed by atoms with Gasteiger partial charge in [-0.05, 0) is 23.4 Å². The summed E-state index contributed by atoms with van der Waals surface area (Å²) in [5, 5.41) is 13.9. The van der Waals surface area contributed by atoms with Gasteiger partial charge in [0.15, 0.2) is 0 Å². The van der Waals surface area contributed by atoms with Crippen molar-refractivity contribution in [3.8, 4) is 6.07 Å². The lowest BCUT2D eigenvalue weighted by Gasteiger charge is -2.36. The zero-order valence-electron chi connectivity index (χ0n) is 13.0. The van der Waals surface area contributed by atoms with Crippen molar-refractivity contribution in [3.05, 3.63) is 53.6 Å². The molecule has 4 rings (SSSR count). The average molecular weight is 317 g/mol. The molecule has 0 radical (unpaired) electrons. The smallest absolute Gasteiger partial charge is 0.253 e. The van der Waals surface area contributed by atoms with Gasteiger partial charge in [-0.15, -0.1) is 0 Å². The number of benzene rings is 2. The second kappa shape index (κ2) is 5.50. The van der Waals surface area contributed by atoms with Crippen LogP contribution in [0.5, 0.6) is 0 Å². The van der Waals surface area contributed by atoms with Gasteiger partial charge in [0.25, 0.3) is 5.91 Å². The van der Waals surface area contributed by atoms with Gasteiger partial charge < -0.3 is 4.90 Å². The van der Waals surface area contributed by atoms with E-state index in [1.54, 1.807) is 0 Å². The number of imide groups is 1. The van der Waals surface area contributed by atoms with Crippen LogP contribution in [0.25, 0.3) is 10.8 Å². The van der Waals surface area contributed by atoms with Crippen LogP contribution in [-0.4, -0.2) is 24.9 Å². The van der Waals surface area contributed by atoms with Gasteiger partial charge in [0, 0.05) is 29.7 Å². The molecule has 2 aromatic rings. The Morgan fingerprint density at radius 2 is 1.92 bits per heavy atom. The third-order valence-corrected chi connectivity index (χ3v) is 4.74. The molecule has 0 aromatic heterocycles. The third kappa shape index (κ3) is 2.16. The first kappa shape index (κ1) is 14.5. The van der Waals surface area contributed by atoms with Crippen LogP contribution in [0.15, 0.2) is 53.6 Å². The molecule has 0 saturated carbocycles. The summed E-state index contributed by atoms with van der Waals surface area (Å²) in [6.07, 6.45) is 0.538. The Morgan fingerprint density at radius 3 is 2.75 bits per heavy atom. The lowest BCUT2D eigenvalue weighted by atomic mass is 9.86. The third-order valence-electron chi connectivity index (χ3n) is 4.74. The zero-order valence-corrected chi connectivity index (χ0v) is 13.0. The molecule has 118 valence electrons. The van der Waals surface area contributed by atoms with E-state index < -0.39 is 11.8 Å². The van der Waals surface area contributed by atoms with Crippen LogP contribution in [0.4, 0.5) is 5.69 Å². The second-order valence-corrected chi connectivity index (χ2v) is 6.05. The maximum Gasteiger partial charge on any atom is 0.253 e. The number of fused-ring (bicyclic) bond motifs is 1. The fraction of sp³-hybridized carbons (Fsp3) is 0.211. The van der Waals surface area contributed by atoms with E-state index in [1.165, 1.54) is 0 Å². The molecule has 1 unspecified atom stereocenters. The minimum atomic E-state index is -0.879. The van der Waals surface area contributed by atoms with E-state index in [-0.39, 0.29) is 5.91 Å². The van der Waals surface area contributed by atoms with Crippen molar-refractivity contribution in [1.29, 1.82) is 5.26 Å². The Bertz CT molecular complexity index is 934. The minimum absolute atomic E-state index is 0.348. The van der Waals surface area contributed by atoms with E-state index in [4.69, 9.17) is 0 Å². The standard InChI is InChI=1S/C19H15N3O2/c20-10-15-16-11-22(9-8-14(16)18(23)21-19(15)24)17-7-3-5-12-4-1-2-6-13(12)17/h1-7,15H,8-9,11H2,(H,21,23,24). The summed E-state index contributed by atoms with van der Waals surface area (Å²) in [6.45, 7) is 1.12. The number of amides is 2. The number of nitrogens with zero attached hydrogens (tertiary/aromatic N) is 2. The van der Waals surface area contributed by atoms with Crippen molar-refractivity contribution in [3.63, 3.8) is 0 Å². The molecule has 0 spiro atoms. The summed E-state index contributed by atoms with van der Waals surface area (Å²) in [7, 11) is 0. The van der Waals surface area contributed by atoms with Crippen LogP contribution in [0.3, 0.4) is 0 Å². The van der Waals surface area contributed by atoms with Crippen molar-refractivity contribution in [2.75, 3.05) is 18.0 Å². The van der Waals surface area contributed by atoms with Gasteiger partial charge in [0.05, 0.1) is 6.07 Å². The first-order chi connectivity index (χ1) is 11.7. The number of nitriles is 1. The molecule has 5 heteroatoms. The van der Waals surface area contributed by atoms with E-state index in [1.807, 2.05) is 30.3 Å². The van der Waals surface area contributed by atoms with Crippen LogP contribution in [0.1, 0.15) is 6.42 Å². The largest absolute Gasteiger partial charge is 0.367 e. The highest BCUT2D eigenvalue weighted by atomic mass is 16.2. The second-order valence-electron chi connectivity index (χ2n) is 6.05. The normalized spacial score (nSPS) is 20.6. The molecule has 2 amide bonds. The summed E-state index contributed by atoms with van der Waals surface area (Å²) >= 11 is 0. The topological polar surface area (TPSA) is 73.2 Å². The van der Waals surface area contributed by atoms with Crippen LogP contribution in [0.2, 0.25) is 0 Å². The van der Waals surface area contributed by atoms with Crippen molar-refractivity contribution in [2.45, 2.75) is 6.42 Å². The Labute approximate surface area is 139 Å². The van der Waals surface area contributed by atoms with Crippen LogP contribution >= 0.6 is 0 Å². The molecule has 0 aliphatic carbocycles. The Kier molecular flexibility index (Phi) is 3.31. The van der Waals surface area contributed by atoms with E-state index >= 15 is 0 Å². The van der Waals surface area contributed by atoms with Gasteiger partial charge in [0.1, 0.15) is 5.92 Å². The molecule has 24 heavy (non-hydrogen) atoms.